The zero-order valence-electron chi connectivity index (χ0n) is 12.4. The number of halogens is 1. The van der Waals surface area contributed by atoms with Crippen molar-refractivity contribution in [1.82, 2.24) is 4.72 Å². The van der Waals surface area contributed by atoms with Crippen molar-refractivity contribution in [1.29, 1.82) is 0 Å². The molecule has 21 heavy (non-hydrogen) atoms. The minimum absolute atomic E-state index is 0.286. The van der Waals surface area contributed by atoms with Crippen molar-refractivity contribution in [2.75, 3.05) is 6.54 Å². The lowest BCUT2D eigenvalue weighted by atomic mass is 10.1. The van der Waals surface area contributed by atoms with Crippen molar-refractivity contribution < 1.29 is 8.42 Å². The Hall–Kier alpha value is -0.430. The summed E-state index contributed by atoms with van der Waals surface area (Å²) in [5, 5.41) is 0. The van der Waals surface area contributed by atoms with Gasteiger partial charge in [-0.2, -0.15) is 0 Å². The lowest BCUT2D eigenvalue weighted by molar-refractivity contribution is 0.495. The number of hydrogen-bond acceptors (Lipinski definition) is 3. The maximum absolute atomic E-state index is 12.5. The third-order valence-electron chi connectivity index (χ3n) is 4.13. The number of sulfonamides is 1. The summed E-state index contributed by atoms with van der Waals surface area (Å²) in [7, 11) is -3.49. The van der Waals surface area contributed by atoms with Crippen LogP contribution in [-0.4, -0.2) is 15.0 Å². The monoisotopic (exact) mass is 374 g/mol. The molecule has 1 saturated carbocycles. The van der Waals surface area contributed by atoms with Gasteiger partial charge in [-0.3, -0.25) is 0 Å². The van der Waals surface area contributed by atoms with E-state index in [4.69, 9.17) is 5.73 Å². The fourth-order valence-corrected chi connectivity index (χ4v) is 5.01. The molecule has 1 fully saturated rings. The van der Waals surface area contributed by atoms with Crippen LogP contribution in [0.3, 0.4) is 0 Å². The molecule has 0 bridgehead atoms. The highest BCUT2D eigenvalue weighted by Crippen LogP contribution is 2.29. The number of rotatable bonds is 6. The fraction of sp³-hybridized carbons (Fsp3) is 0.600. The predicted octanol–water partition coefficient (Wildman–Crippen LogP) is 3.07. The van der Waals surface area contributed by atoms with Gasteiger partial charge in [0.25, 0.3) is 0 Å². The van der Waals surface area contributed by atoms with Gasteiger partial charge in [0.2, 0.25) is 10.0 Å². The maximum atomic E-state index is 12.5. The Balaban J connectivity index is 2.09. The Morgan fingerprint density at radius 3 is 2.62 bits per heavy atom. The predicted molar refractivity (Wildman–Crippen MR) is 88.5 cm³/mol. The zero-order chi connectivity index (χ0) is 15.5. The van der Waals surface area contributed by atoms with E-state index in [0.717, 1.165) is 17.5 Å². The molecule has 0 saturated heterocycles. The molecule has 0 radical (unpaired) electrons. The van der Waals surface area contributed by atoms with Crippen LogP contribution in [0.15, 0.2) is 21.5 Å². The first kappa shape index (κ1) is 16.9. The van der Waals surface area contributed by atoms with Gasteiger partial charge in [0.1, 0.15) is 0 Å². The summed E-state index contributed by atoms with van der Waals surface area (Å²) in [4.78, 5) is 0.286. The highest BCUT2D eigenvalue weighted by Gasteiger charge is 2.21. The molecule has 0 amide bonds. The minimum atomic E-state index is -3.49. The first-order chi connectivity index (χ1) is 9.94. The van der Waals surface area contributed by atoms with Crippen LogP contribution in [0.25, 0.3) is 0 Å². The Labute approximate surface area is 135 Å². The topological polar surface area (TPSA) is 72.2 Å². The lowest BCUT2D eigenvalue weighted by Gasteiger charge is -2.13. The summed E-state index contributed by atoms with van der Waals surface area (Å²) in [5.74, 6) is 0.674. The molecule has 0 aliphatic heterocycles. The molecular formula is C15H23BrN2O2S. The highest BCUT2D eigenvalue weighted by atomic mass is 79.9. The van der Waals surface area contributed by atoms with Crippen molar-refractivity contribution in [2.24, 2.45) is 11.7 Å². The van der Waals surface area contributed by atoms with Gasteiger partial charge >= 0.3 is 0 Å². The van der Waals surface area contributed by atoms with E-state index in [0.29, 0.717) is 23.5 Å². The summed E-state index contributed by atoms with van der Waals surface area (Å²) >= 11 is 3.38. The van der Waals surface area contributed by atoms with Crippen LogP contribution < -0.4 is 10.5 Å². The maximum Gasteiger partial charge on any atom is 0.241 e. The van der Waals surface area contributed by atoms with E-state index in [1.165, 1.54) is 25.7 Å². The lowest BCUT2D eigenvalue weighted by Crippen LogP contribution is -2.26. The van der Waals surface area contributed by atoms with Crippen molar-refractivity contribution in [3.63, 3.8) is 0 Å². The van der Waals surface area contributed by atoms with Crippen LogP contribution in [0.1, 0.15) is 43.2 Å². The Morgan fingerprint density at radius 1 is 1.33 bits per heavy atom. The van der Waals surface area contributed by atoms with Gasteiger partial charge < -0.3 is 5.73 Å². The normalized spacial score (nSPS) is 16.5. The molecule has 118 valence electrons. The van der Waals surface area contributed by atoms with Crippen LogP contribution in [0, 0.1) is 12.8 Å². The largest absolute Gasteiger partial charge is 0.326 e. The van der Waals surface area contributed by atoms with Crippen LogP contribution in [-0.2, 0) is 16.6 Å². The molecular weight excluding hydrogens is 352 g/mol. The quantitative estimate of drug-likeness (QED) is 0.803. The molecule has 0 spiro atoms. The second kappa shape index (κ2) is 7.22. The minimum Gasteiger partial charge on any atom is -0.326 e. The molecule has 1 aliphatic carbocycles. The van der Waals surface area contributed by atoms with Crippen LogP contribution in [0.5, 0.6) is 0 Å². The van der Waals surface area contributed by atoms with Crippen LogP contribution in [0.4, 0.5) is 0 Å². The van der Waals surface area contributed by atoms with E-state index in [1.54, 1.807) is 6.07 Å². The van der Waals surface area contributed by atoms with Crippen molar-refractivity contribution in [3.8, 4) is 0 Å². The third-order valence-corrected chi connectivity index (χ3v) is 6.93. The van der Waals surface area contributed by atoms with E-state index in [1.807, 2.05) is 13.0 Å². The molecule has 3 N–H and O–H groups in total. The van der Waals surface area contributed by atoms with E-state index in [2.05, 4.69) is 20.7 Å². The van der Waals surface area contributed by atoms with Gasteiger partial charge in [-0.1, -0.05) is 31.7 Å². The van der Waals surface area contributed by atoms with Gasteiger partial charge in [0, 0.05) is 17.6 Å². The number of aryl methyl sites for hydroxylation is 1. The standard InChI is InChI=1S/C15H23BrN2O2S/c1-11-8-13(10-17)9-14(15(11)16)21(19,20)18-7-6-12-4-2-3-5-12/h8-9,12,18H,2-7,10,17H2,1H3. The summed E-state index contributed by atoms with van der Waals surface area (Å²) in [5.41, 5.74) is 7.34. The van der Waals surface area contributed by atoms with Gasteiger partial charge in [-0.15, -0.1) is 0 Å². The molecule has 0 unspecified atom stereocenters. The molecule has 1 aromatic carbocycles. The molecule has 1 aliphatic rings. The number of nitrogens with two attached hydrogens (primary N) is 1. The molecule has 0 atom stereocenters. The Morgan fingerprint density at radius 2 is 2.00 bits per heavy atom. The first-order valence-electron chi connectivity index (χ1n) is 7.43. The summed E-state index contributed by atoms with van der Waals surface area (Å²) in [6, 6.07) is 3.55. The van der Waals surface area contributed by atoms with Gasteiger partial charge in [-0.25, -0.2) is 13.1 Å². The Kier molecular flexibility index (Phi) is 5.82. The molecule has 0 aromatic heterocycles. The van der Waals surface area contributed by atoms with Gasteiger partial charge in [-0.05, 0) is 52.4 Å². The van der Waals surface area contributed by atoms with Gasteiger partial charge in [0.15, 0.2) is 0 Å². The average Bonchev–Trinajstić information content (AvgIpc) is 2.94. The smallest absolute Gasteiger partial charge is 0.241 e. The van der Waals surface area contributed by atoms with Gasteiger partial charge in [0.05, 0.1) is 4.90 Å². The second-order valence-corrected chi connectivity index (χ2v) is 8.29. The van der Waals surface area contributed by atoms with E-state index in [9.17, 15) is 8.42 Å². The van der Waals surface area contributed by atoms with E-state index in [-0.39, 0.29) is 4.90 Å². The van der Waals surface area contributed by atoms with Crippen molar-refractivity contribution in [3.05, 3.63) is 27.7 Å². The SMILES string of the molecule is Cc1cc(CN)cc(S(=O)(=O)NCCC2CCCC2)c1Br. The van der Waals surface area contributed by atoms with Crippen molar-refractivity contribution in [2.45, 2.75) is 50.5 Å². The first-order valence-corrected chi connectivity index (χ1v) is 9.70. The molecule has 6 heteroatoms. The van der Waals surface area contributed by atoms with Crippen LogP contribution in [0.2, 0.25) is 0 Å². The average molecular weight is 375 g/mol. The van der Waals surface area contributed by atoms with Crippen LogP contribution >= 0.6 is 15.9 Å². The number of benzene rings is 1. The number of nitrogens with one attached hydrogen (secondary N) is 1. The molecule has 0 heterocycles. The zero-order valence-corrected chi connectivity index (χ0v) is 14.8. The third kappa shape index (κ3) is 4.28. The second-order valence-electron chi connectivity index (χ2n) is 5.77. The summed E-state index contributed by atoms with van der Waals surface area (Å²) in [6.07, 6.45) is 5.94. The van der Waals surface area contributed by atoms with Crippen molar-refractivity contribution >= 4 is 26.0 Å². The molecule has 1 aromatic rings. The molecule has 2 rings (SSSR count). The Bertz CT molecular complexity index is 596. The summed E-state index contributed by atoms with van der Waals surface area (Å²) in [6.45, 7) is 2.71. The number of hydrogen-bond donors (Lipinski definition) is 2. The fourth-order valence-electron chi connectivity index (χ4n) is 2.90. The highest BCUT2D eigenvalue weighted by molar-refractivity contribution is 9.10. The van der Waals surface area contributed by atoms with E-state index >= 15 is 0 Å². The summed E-state index contributed by atoms with van der Waals surface area (Å²) < 4.78 is 28.3. The van der Waals surface area contributed by atoms with E-state index < -0.39 is 10.0 Å². The molecule has 4 nitrogen and oxygen atoms in total.